The fraction of sp³-hybridized carbons (Fsp3) is 0.333. The number of amides is 1. The number of nitrogens with zero attached hydrogens (tertiary/aromatic N) is 3. The lowest BCUT2D eigenvalue weighted by molar-refractivity contribution is -0.138. The van der Waals surface area contributed by atoms with Gasteiger partial charge in [-0.05, 0) is 42.2 Å². The topological polar surface area (TPSA) is 169 Å². The first-order valence-electron chi connectivity index (χ1n) is 11.7. The Morgan fingerprint density at radius 1 is 1.27 bits per heavy atom. The molecular formula is C24H27ClN6O5S. The summed E-state index contributed by atoms with van der Waals surface area (Å²) in [5, 5.41) is 17.7. The smallest absolute Gasteiger partial charge is 0.322 e. The highest BCUT2D eigenvalue weighted by Crippen LogP contribution is 2.20. The Kier molecular flexibility index (Phi) is 8.10. The van der Waals surface area contributed by atoms with Crippen LogP contribution in [-0.4, -0.2) is 52.8 Å². The highest BCUT2D eigenvalue weighted by molar-refractivity contribution is 7.88. The number of sulfonamides is 1. The molecule has 0 saturated heterocycles. The van der Waals surface area contributed by atoms with Crippen LogP contribution in [0.3, 0.4) is 0 Å². The number of aliphatic carboxylic acids is 1. The number of aryl methyl sites for hydroxylation is 3. The van der Waals surface area contributed by atoms with Gasteiger partial charge in [0, 0.05) is 42.8 Å². The summed E-state index contributed by atoms with van der Waals surface area (Å²) >= 11 is 5.91. The summed E-state index contributed by atoms with van der Waals surface area (Å²) in [6.45, 7) is 1.24. The normalized spacial score (nSPS) is 14.0. The number of carbonyl (C=O) groups excluding carboxylic acids is 1. The molecule has 0 aliphatic carbocycles. The number of anilines is 1. The van der Waals surface area contributed by atoms with Gasteiger partial charge in [-0.3, -0.25) is 14.3 Å². The second-order valence-electron chi connectivity index (χ2n) is 8.81. The van der Waals surface area contributed by atoms with Crippen molar-refractivity contribution in [3.8, 4) is 0 Å². The number of rotatable bonds is 11. The van der Waals surface area contributed by atoms with E-state index in [4.69, 9.17) is 17.3 Å². The van der Waals surface area contributed by atoms with Crippen molar-refractivity contribution >= 4 is 39.3 Å². The number of fused-ring (bicyclic) bond motifs is 1. The average Bonchev–Trinajstić information content (AvgIpc) is 3.25. The number of hydrogen-bond acceptors (Lipinski definition) is 7. The quantitative estimate of drug-likeness (QED) is 0.282. The summed E-state index contributed by atoms with van der Waals surface area (Å²) in [7, 11) is -4.05. The van der Waals surface area contributed by atoms with E-state index in [-0.39, 0.29) is 17.7 Å². The molecule has 0 spiro atoms. The maximum absolute atomic E-state index is 12.7. The molecule has 13 heteroatoms. The number of nitrogens with one attached hydrogen (secondary N) is 2. The second kappa shape index (κ2) is 11.3. The number of nitrogens with two attached hydrogens (primary N) is 1. The van der Waals surface area contributed by atoms with Crippen molar-refractivity contribution in [2.45, 2.75) is 44.0 Å². The van der Waals surface area contributed by atoms with E-state index >= 15 is 0 Å². The summed E-state index contributed by atoms with van der Waals surface area (Å²) < 4.78 is 29.0. The number of aromatic nitrogens is 3. The minimum Gasteiger partial charge on any atom is -0.480 e. The zero-order valence-corrected chi connectivity index (χ0v) is 21.4. The van der Waals surface area contributed by atoms with Gasteiger partial charge in [0.15, 0.2) is 0 Å². The Labute approximate surface area is 219 Å². The van der Waals surface area contributed by atoms with Crippen LogP contribution < -0.4 is 15.8 Å². The van der Waals surface area contributed by atoms with E-state index in [1.807, 2.05) is 12.1 Å². The summed E-state index contributed by atoms with van der Waals surface area (Å²) in [6, 6.07) is 8.69. The van der Waals surface area contributed by atoms with E-state index < -0.39 is 33.7 Å². The van der Waals surface area contributed by atoms with Gasteiger partial charge < -0.3 is 16.2 Å². The molecule has 1 aliphatic rings. The van der Waals surface area contributed by atoms with Crippen molar-refractivity contribution in [3.05, 3.63) is 75.7 Å². The first-order valence-corrected chi connectivity index (χ1v) is 13.7. The minimum atomic E-state index is -4.05. The van der Waals surface area contributed by atoms with Gasteiger partial charge in [0.25, 0.3) is 5.91 Å². The maximum atomic E-state index is 12.7. The van der Waals surface area contributed by atoms with Crippen molar-refractivity contribution in [2.24, 2.45) is 5.73 Å². The van der Waals surface area contributed by atoms with Gasteiger partial charge in [0.05, 0.1) is 17.0 Å². The van der Waals surface area contributed by atoms with E-state index in [9.17, 15) is 23.1 Å². The van der Waals surface area contributed by atoms with Crippen LogP contribution in [0.5, 0.6) is 0 Å². The Balaban J connectivity index is 1.47. The summed E-state index contributed by atoms with van der Waals surface area (Å²) in [6.07, 6.45) is 3.63. The van der Waals surface area contributed by atoms with Crippen LogP contribution in [-0.2, 0) is 46.4 Å². The zero-order valence-electron chi connectivity index (χ0n) is 19.9. The summed E-state index contributed by atoms with van der Waals surface area (Å²) in [5.41, 5.74) is 8.02. The first-order chi connectivity index (χ1) is 17.6. The molecule has 4 rings (SSSR count). The second-order valence-corrected chi connectivity index (χ2v) is 11.0. The molecule has 11 nitrogen and oxygen atoms in total. The molecule has 0 bridgehead atoms. The molecule has 2 aromatic heterocycles. The van der Waals surface area contributed by atoms with Crippen LogP contribution in [0.2, 0.25) is 5.02 Å². The number of carboxylic acid groups (broad SMARTS) is 1. The molecule has 3 heterocycles. The largest absolute Gasteiger partial charge is 0.480 e. The molecule has 0 unspecified atom stereocenters. The molecule has 3 aromatic rings. The maximum Gasteiger partial charge on any atom is 0.322 e. The first kappa shape index (κ1) is 26.6. The molecule has 1 atom stereocenters. The van der Waals surface area contributed by atoms with Crippen molar-refractivity contribution in [2.75, 3.05) is 11.9 Å². The number of carboxylic acids is 1. The molecule has 1 aromatic carbocycles. The van der Waals surface area contributed by atoms with Crippen LogP contribution in [0.25, 0.3) is 0 Å². The van der Waals surface area contributed by atoms with Gasteiger partial charge in [-0.25, -0.2) is 18.1 Å². The van der Waals surface area contributed by atoms with Crippen LogP contribution in [0.4, 0.5) is 5.82 Å². The van der Waals surface area contributed by atoms with Gasteiger partial charge >= 0.3 is 5.97 Å². The number of benzene rings is 1. The number of pyridine rings is 1. The van der Waals surface area contributed by atoms with Gasteiger partial charge in [-0.2, -0.15) is 5.10 Å². The summed E-state index contributed by atoms with van der Waals surface area (Å²) in [4.78, 5) is 28.6. The Morgan fingerprint density at radius 2 is 2.08 bits per heavy atom. The molecule has 1 aliphatic heterocycles. The predicted octanol–water partition coefficient (Wildman–Crippen LogP) is 1.75. The van der Waals surface area contributed by atoms with E-state index in [1.165, 1.54) is 22.5 Å². The van der Waals surface area contributed by atoms with Crippen molar-refractivity contribution in [1.82, 2.24) is 19.5 Å². The van der Waals surface area contributed by atoms with Gasteiger partial charge in [0.1, 0.15) is 11.9 Å². The van der Waals surface area contributed by atoms with Crippen molar-refractivity contribution in [1.29, 1.82) is 0 Å². The van der Waals surface area contributed by atoms with E-state index in [1.54, 1.807) is 18.2 Å². The monoisotopic (exact) mass is 546 g/mol. The molecule has 196 valence electrons. The zero-order chi connectivity index (χ0) is 26.6. The Bertz CT molecular complexity index is 1420. The van der Waals surface area contributed by atoms with Crippen LogP contribution in [0.15, 0.2) is 42.6 Å². The van der Waals surface area contributed by atoms with E-state index in [2.05, 4.69) is 20.1 Å². The third-order valence-corrected chi connectivity index (χ3v) is 7.51. The standard InChI is InChI=1S/C24H27ClN6O5S/c25-17-5-1-3-15(11-17)14-37(35,36)30-21(24(33)34)12-20-19(22(26)32)13-31(29-20)10-8-18-7-6-16-4-2-9-27-23(16)28-18/h1,3,5-7,11,13,21,30H,2,4,8-10,12,14H2,(H2,26,32)(H,27,28)(H,33,34)/t21-/m0/s1. The van der Waals surface area contributed by atoms with Crippen LogP contribution in [0, 0.1) is 0 Å². The number of primary amides is 1. The van der Waals surface area contributed by atoms with Crippen molar-refractivity contribution in [3.63, 3.8) is 0 Å². The molecule has 5 N–H and O–H groups in total. The molecule has 0 saturated carbocycles. The molecule has 0 radical (unpaired) electrons. The lowest BCUT2D eigenvalue weighted by atomic mass is 10.1. The average molecular weight is 547 g/mol. The highest BCUT2D eigenvalue weighted by atomic mass is 35.5. The minimum absolute atomic E-state index is 0.0281. The van der Waals surface area contributed by atoms with Crippen LogP contribution in [0.1, 0.15) is 39.3 Å². The Hall–Kier alpha value is -3.48. The fourth-order valence-corrected chi connectivity index (χ4v) is 5.68. The van der Waals surface area contributed by atoms with Gasteiger partial charge in [-0.15, -0.1) is 0 Å². The van der Waals surface area contributed by atoms with E-state index in [0.29, 0.717) is 23.6 Å². The molecular weight excluding hydrogens is 520 g/mol. The van der Waals surface area contributed by atoms with Crippen molar-refractivity contribution < 1.29 is 23.1 Å². The van der Waals surface area contributed by atoms with E-state index in [0.717, 1.165) is 30.9 Å². The predicted molar refractivity (Wildman–Crippen MR) is 138 cm³/mol. The number of carbonyl (C=O) groups is 2. The third kappa shape index (κ3) is 7.06. The fourth-order valence-electron chi connectivity index (χ4n) is 4.15. The highest BCUT2D eigenvalue weighted by Gasteiger charge is 2.28. The number of halogens is 1. The third-order valence-electron chi connectivity index (χ3n) is 5.92. The number of hydrogen-bond donors (Lipinski definition) is 4. The van der Waals surface area contributed by atoms with Gasteiger partial charge in [-0.1, -0.05) is 29.8 Å². The molecule has 1 amide bonds. The lowest BCUT2D eigenvalue weighted by Gasteiger charge is -2.17. The van der Waals surface area contributed by atoms with Crippen LogP contribution >= 0.6 is 11.6 Å². The summed E-state index contributed by atoms with van der Waals surface area (Å²) in [5.74, 6) is -1.79. The van der Waals surface area contributed by atoms with Gasteiger partial charge in [0.2, 0.25) is 10.0 Å². The SMILES string of the molecule is NC(=O)c1cn(CCc2ccc3c(n2)NCCC3)nc1C[C@H](NS(=O)(=O)Cc1cccc(Cl)c1)C(=O)O. The molecule has 37 heavy (non-hydrogen) atoms. The molecule has 0 fully saturated rings. The lowest BCUT2D eigenvalue weighted by Crippen LogP contribution is -2.43. The Morgan fingerprint density at radius 3 is 2.81 bits per heavy atom.